The first-order valence-electron chi connectivity index (χ1n) is 18.5. The van der Waals surface area contributed by atoms with Crippen LogP contribution in [0.2, 0.25) is 6.32 Å². The lowest BCUT2D eigenvalue weighted by atomic mass is 9.36. The monoisotopic (exact) mass is 681 g/mol. The largest absolute Gasteiger partial charge is 0.462 e. The number of nitrogens with zero attached hydrogens (tertiary/aromatic N) is 1. The van der Waals surface area contributed by atoms with Gasteiger partial charge in [0.05, 0.1) is 11.0 Å². The maximum atomic E-state index is 7.14. The van der Waals surface area contributed by atoms with Gasteiger partial charge in [-0.2, -0.15) is 0 Å². The van der Waals surface area contributed by atoms with E-state index in [0.717, 1.165) is 74.8 Å². The van der Waals surface area contributed by atoms with Crippen LogP contribution in [-0.2, 0) is 0 Å². The molecule has 7 aromatic rings. The van der Waals surface area contributed by atoms with Crippen LogP contribution in [-0.4, -0.2) is 11.3 Å². The molecule has 10 rings (SSSR count). The summed E-state index contributed by atoms with van der Waals surface area (Å²) in [6, 6.07) is 47.6. The molecule has 3 nitrogen and oxygen atoms in total. The van der Waals surface area contributed by atoms with Crippen LogP contribution in [0, 0.1) is 0 Å². The standard InChI is InChI=1S/C49H36BNO2/c1-2-3-19-37(33-15-6-4-7-16-33)46-32-50-42-23-14-22-38(34-17-8-5-9-18-34)48(42)52-45-31-30-39(49(53-46)47(45)50)35-26-28-36(29-27-35)51-43-24-12-10-20-40(43)41-21-11-13-25-44(41)51/h2-4,6-8,10-31H,1,5,9,32H2/b19-3-,46-37-. The highest BCUT2D eigenvalue weighted by molar-refractivity contribution is 6.88. The Kier molecular flexibility index (Phi) is 7.61. The van der Waals surface area contributed by atoms with E-state index in [1.54, 1.807) is 0 Å². The summed E-state index contributed by atoms with van der Waals surface area (Å²) in [7, 11) is 0. The van der Waals surface area contributed by atoms with Crippen LogP contribution >= 0.6 is 0 Å². The molecule has 252 valence electrons. The normalized spacial score (nSPS) is 15.5. The molecule has 0 amide bonds. The van der Waals surface area contributed by atoms with Crippen LogP contribution in [0.5, 0.6) is 17.2 Å². The van der Waals surface area contributed by atoms with Crippen molar-refractivity contribution in [3.63, 3.8) is 0 Å². The molecule has 0 saturated carbocycles. The fourth-order valence-electron chi connectivity index (χ4n) is 8.44. The number of fused-ring (bicyclic) bond motifs is 5. The van der Waals surface area contributed by atoms with E-state index in [1.807, 2.05) is 12.2 Å². The van der Waals surface area contributed by atoms with Crippen LogP contribution in [0.15, 0.2) is 182 Å². The number of aromatic nitrogens is 1. The Morgan fingerprint density at radius 3 is 2.17 bits per heavy atom. The molecule has 0 atom stereocenters. The summed E-state index contributed by atoms with van der Waals surface area (Å²) >= 11 is 0. The lowest BCUT2D eigenvalue weighted by Crippen LogP contribution is -2.50. The minimum absolute atomic E-state index is 0.0493. The fraction of sp³-hybridized carbons (Fsp3) is 0.0612. The molecule has 1 aliphatic carbocycles. The molecule has 0 unspecified atom stereocenters. The first-order valence-corrected chi connectivity index (χ1v) is 18.5. The zero-order chi connectivity index (χ0) is 35.3. The topological polar surface area (TPSA) is 23.4 Å². The Morgan fingerprint density at radius 1 is 0.679 bits per heavy atom. The third kappa shape index (κ3) is 5.21. The first-order chi connectivity index (χ1) is 26.3. The Labute approximate surface area is 310 Å². The lowest BCUT2D eigenvalue weighted by Gasteiger charge is -2.35. The van der Waals surface area contributed by atoms with Crippen LogP contribution in [0.25, 0.3) is 49.8 Å². The molecule has 6 aromatic carbocycles. The Morgan fingerprint density at radius 2 is 1.43 bits per heavy atom. The molecule has 0 saturated heterocycles. The van der Waals surface area contributed by atoms with Crippen molar-refractivity contribution < 1.29 is 9.47 Å². The molecule has 4 heteroatoms. The van der Waals surface area contributed by atoms with Gasteiger partial charge in [0.1, 0.15) is 23.0 Å². The van der Waals surface area contributed by atoms with Gasteiger partial charge in [-0.15, -0.1) is 0 Å². The highest BCUT2D eigenvalue weighted by Crippen LogP contribution is 2.44. The number of para-hydroxylation sites is 3. The van der Waals surface area contributed by atoms with Crippen molar-refractivity contribution in [2.75, 3.05) is 0 Å². The Balaban J connectivity index is 1.15. The minimum Gasteiger partial charge on any atom is -0.462 e. The van der Waals surface area contributed by atoms with Gasteiger partial charge in [0.25, 0.3) is 0 Å². The van der Waals surface area contributed by atoms with E-state index in [-0.39, 0.29) is 6.71 Å². The van der Waals surface area contributed by atoms with Crippen molar-refractivity contribution in [2.24, 2.45) is 0 Å². The number of allylic oxidation sites excluding steroid dienone is 9. The number of hydrogen-bond donors (Lipinski definition) is 0. The second-order valence-electron chi connectivity index (χ2n) is 13.9. The number of rotatable bonds is 6. The summed E-state index contributed by atoms with van der Waals surface area (Å²) in [5.74, 6) is 3.59. The van der Waals surface area contributed by atoms with Crippen molar-refractivity contribution in [1.82, 2.24) is 4.57 Å². The molecule has 0 bridgehead atoms. The smallest absolute Gasteiger partial charge is 0.231 e. The summed E-state index contributed by atoms with van der Waals surface area (Å²) in [6.45, 7) is 4.03. The van der Waals surface area contributed by atoms with E-state index in [2.05, 4.69) is 169 Å². The van der Waals surface area contributed by atoms with Gasteiger partial charge in [0.2, 0.25) is 6.71 Å². The van der Waals surface area contributed by atoms with E-state index >= 15 is 0 Å². The third-order valence-corrected chi connectivity index (χ3v) is 10.9. The molecule has 0 radical (unpaired) electrons. The highest BCUT2D eigenvalue weighted by Gasteiger charge is 2.41. The van der Waals surface area contributed by atoms with Crippen LogP contribution in [0.3, 0.4) is 0 Å². The molecular formula is C49H36BNO2. The zero-order valence-electron chi connectivity index (χ0n) is 29.3. The van der Waals surface area contributed by atoms with Crippen LogP contribution < -0.4 is 20.4 Å². The maximum absolute atomic E-state index is 7.14. The average Bonchev–Trinajstić information content (AvgIpc) is 3.56. The predicted octanol–water partition coefficient (Wildman–Crippen LogP) is 11.4. The molecule has 1 aromatic heterocycles. The minimum atomic E-state index is 0.0493. The second kappa shape index (κ2) is 12.9. The molecule has 3 heterocycles. The van der Waals surface area contributed by atoms with Gasteiger partial charge < -0.3 is 14.0 Å². The second-order valence-corrected chi connectivity index (χ2v) is 13.9. The van der Waals surface area contributed by atoms with E-state index in [0.29, 0.717) is 6.32 Å². The van der Waals surface area contributed by atoms with Crippen molar-refractivity contribution in [3.8, 4) is 34.1 Å². The predicted molar refractivity (Wildman–Crippen MR) is 222 cm³/mol. The van der Waals surface area contributed by atoms with Crippen molar-refractivity contribution in [1.29, 1.82) is 0 Å². The Hall–Kier alpha value is -6.52. The summed E-state index contributed by atoms with van der Waals surface area (Å²) in [6.07, 6.45) is 15.6. The summed E-state index contributed by atoms with van der Waals surface area (Å²) in [5.41, 5.74) is 12.5. The number of benzene rings is 6. The van der Waals surface area contributed by atoms with Gasteiger partial charge in [-0.05, 0) is 77.7 Å². The lowest BCUT2D eigenvalue weighted by molar-refractivity contribution is 0.421. The van der Waals surface area contributed by atoms with Crippen molar-refractivity contribution >= 4 is 50.6 Å². The summed E-state index contributed by atoms with van der Waals surface area (Å²) in [5, 5.41) is 2.51. The third-order valence-electron chi connectivity index (χ3n) is 10.9. The SMILES string of the molecule is C=C/C=C\C(=C1/CB2c3cccc(C4=CCCC=C4)c3Oc3ccc(-c4ccc(-n5c6ccccc6c6ccccc65)cc4)c(c32)O1)c1ccccc1. The van der Waals surface area contributed by atoms with Crippen LogP contribution in [0.1, 0.15) is 24.0 Å². The quantitative estimate of drug-likeness (QED) is 0.129. The number of hydrogen-bond acceptors (Lipinski definition) is 2. The van der Waals surface area contributed by atoms with Gasteiger partial charge in [-0.25, -0.2) is 0 Å². The Bertz CT molecular complexity index is 2660. The number of ether oxygens (including phenoxy) is 2. The van der Waals surface area contributed by atoms with E-state index in [9.17, 15) is 0 Å². The summed E-state index contributed by atoms with van der Waals surface area (Å²) in [4.78, 5) is 0. The van der Waals surface area contributed by atoms with Crippen molar-refractivity contribution in [2.45, 2.75) is 19.2 Å². The fourth-order valence-corrected chi connectivity index (χ4v) is 8.44. The van der Waals surface area contributed by atoms with E-state index in [4.69, 9.17) is 9.47 Å². The van der Waals surface area contributed by atoms with Crippen LogP contribution in [0.4, 0.5) is 0 Å². The van der Waals surface area contributed by atoms with Crippen molar-refractivity contribution in [3.05, 3.63) is 193 Å². The molecular weight excluding hydrogens is 645 g/mol. The average molecular weight is 682 g/mol. The van der Waals surface area contributed by atoms with Gasteiger partial charge in [-0.3, -0.25) is 0 Å². The highest BCUT2D eigenvalue weighted by atomic mass is 16.5. The van der Waals surface area contributed by atoms with E-state index < -0.39 is 0 Å². The molecule has 0 spiro atoms. The summed E-state index contributed by atoms with van der Waals surface area (Å²) < 4.78 is 16.4. The maximum Gasteiger partial charge on any atom is 0.231 e. The molecule has 2 aliphatic heterocycles. The van der Waals surface area contributed by atoms with Gasteiger partial charge >= 0.3 is 0 Å². The van der Waals surface area contributed by atoms with Gasteiger partial charge in [-0.1, -0.05) is 140 Å². The van der Waals surface area contributed by atoms with Gasteiger partial charge in [0, 0.05) is 38.6 Å². The molecule has 0 fully saturated rings. The zero-order valence-corrected chi connectivity index (χ0v) is 29.3. The molecule has 3 aliphatic rings. The molecule has 0 N–H and O–H groups in total. The molecule has 53 heavy (non-hydrogen) atoms. The van der Waals surface area contributed by atoms with Gasteiger partial charge in [0.15, 0.2) is 0 Å². The first kappa shape index (κ1) is 31.2. The van der Waals surface area contributed by atoms with E-state index in [1.165, 1.54) is 32.8 Å².